The molecule has 1 aliphatic carbocycles. The van der Waals surface area contributed by atoms with Crippen molar-refractivity contribution in [1.82, 2.24) is 14.9 Å². The van der Waals surface area contributed by atoms with E-state index in [-0.39, 0.29) is 11.3 Å². The summed E-state index contributed by atoms with van der Waals surface area (Å²) in [5.74, 6) is 0.839. The van der Waals surface area contributed by atoms with Crippen molar-refractivity contribution >= 4 is 5.91 Å². The summed E-state index contributed by atoms with van der Waals surface area (Å²) in [7, 11) is 1.60. The maximum Gasteiger partial charge on any atom is 0.254 e. The van der Waals surface area contributed by atoms with Crippen molar-refractivity contribution in [3.8, 4) is 11.4 Å². The molecule has 1 aromatic carbocycles. The van der Waals surface area contributed by atoms with Gasteiger partial charge in [-0.25, -0.2) is 9.97 Å². The average molecular weight is 365 g/mol. The molecule has 5 heteroatoms. The monoisotopic (exact) mass is 365 g/mol. The zero-order valence-corrected chi connectivity index (χ0v) is 16.4. The molecule has 27 heavy (non-hydrogen) atoms. The van der Waals surface area contributed by atoms with E-state index in [2.05, 4.69) is 4.98 Å². The van der Waals surface area contributed by atoms with Crippen LogP contribution in [0.25, 0.3) is 11.4 Å². The molecule has 0 N–H and O–H groups in total. The zero-order chi connectivity index (χ0) is 19.1. The highest BCUT2D eigenvalue weighted by Crippen LogP contribution is 2.44. The number of carbonyl (C=O) groups is 1. The van der Waals surface area contributed by atoms with Gasteiger partial charge in [0.15, 0.2) is 5.82 Å². The SMILES string of the molecule is COC(C)(C)C(=O)N1CCCC2(CCc3cnc(-c4ccccc4)nc32)C1. The van der Waals surface area contributed by atoms with E-state index in [1.54, 1.807) is 7.11 Å². The Morgan fingerprint density at radius 1 is 1.22 bits per heavy atom. The second-order valence-electron chi connectivity index (χ2n) is 8.26. The molecule has 5 nitrogen and oxygen atoms in total. The quantitative estimate of drug-likeness (QED) is 0.837. The molecule has 2 aromatic rings. The summed E-state index contributed by atoms with van der Waals surface area (Å²) in [5, 5.41) is 0. The first-order valence-corrected chi connectivity index (χ1v) is 9.72. The number of hydrogen-bond donors (Lipinski definition) is 0. The van der Waals surface area contributed by atoms with Gasteiger partial charge in [-0.1, -0.05) is 30.3 Å². The largest absolute Gasteiger partial charge is 0.369 e. The molecule has 1 aliphatic heterocycles. The van der Waals surface area contributed by atoms with Crippen molar-refractivity contribution in [3.63, 3.8) is 0 Å². The van der Waals surface area contributed by atoms with E-state index in [1.807, 2.05) is 55.3 Å². The average Bonchev–Trinajstić information content (AvgIpc) is 3.05. The Kier molecular flexibility index (Phi) is 4.50. The Bertz CT molecular complexity index is 846. The smallest absolute Gasteiger partial charge is 0.254 e. The summed E-state index contributed by atoms with van der Waals surface area (Å²) in [6.07, 6.45) is 6.07. The molecule has 1 unspecified atom stereocenters. The van der Waals surface area contributed by atoms with Crippen LogP contribution in [0.5, 0.6) is 0 Å². The molecule has 2 aliphatic rings. The van der Waals surface area contributed by atoms with Crippen molar-refractivity contribution in [2.75, 3.05) is 20.2 Å². The van der Waals surface area contributed by atoms with E-state index in [1.165, 1.54) is 5.56 Å². The number of piperidine rings is 1. The fourth-order valence-electron chi connectivity index (χ4n) is 4.44. The molecule has 4 rings (SSSR count). The highest BCUT2D eigenvalue weighted by atomic mass is 16.5. The van der Waals surface area contributed by atoms with Crippen molar-refractivity contribution in [2.24, 2.45) is 0 Å². The number of ether oxygens (including phenoxy) is 1. The van der Waals surface area contributed by atoms with Crippen LogP contribution >= 0.6 is 0 Å². The molecular weight excluding hydrogens is 338 g/mol. The number of amides is 1. The van der Waals surface area contributed by atoms with E-state index in [0.29, 0.717) is 0 Å². The fraction of sp³-hybridized carbons (Fsp3) is 0.500. The molecule has 1 saturated heterocycles. The second kappa shape index (κ2) is 6.71. The second-order valence-corrected chi connectivity index (χ2v) is 8.26. The minimum absolute atomic E-state index is 0.0560. The first kappa shape index (κ1) is 18.1. The lowest BCUT2D eigenvalue weighted by atomic mass is 9.77. The number of aryl methyl sites for hydroxylation is 1. The Morgan fingerprint density at radius 3 is 2.74 bits per heavy atom. The molecule has 1 amide bonds. The van der Waals surface area contributed by atoms with Gasteiger partial charge in [0.2, 0.25) is 0 Å². The Balaban J connectivity index is 1.67. The normalized spacial score (nSPS) is 22.1. The number of rotatable bonds is 3. The van der Waals surface area contributed by atoms with Crippen LogP contribution in [0, 0.1) is 0 Å². The molecule has 1 atom stereocenters. The summed E-state index contributed by atoms with van der Waals surface area (Å²) < 4.78 is 5.43. The van der Waals surface area contributed by atoms with Crippen LogP contribution < -0.4 is 0 Å². The third-order valence-corrected chi connectivity index (χ3v) is 6.16. The summed E-state index contributed by atoms with van der Waals surface area (Å²) >= 11 is 0. The highest BCUT2D eigenvalue weighted by molar-refractivity contribution is 5.84. The topological polar surface area (TPSA) is 55.3 Å². The van der Waals surface area contributed by atoms with Gasteiger partial charge in [-0.05, 0) is 45.1 Å². The van der Waals surface area contributed by atoms with Crippen molar-refractivity contribution in [2.45, 2.75) is 50.5 Å². The van der Waals surface area contributed by atoms with Gasteiger partial charge in [0.25, 0.3) is 5.91 Å². The number of likely N-dealkylation sites (tertiary alicyclic amines) is 1. The van der Waals surface area contributed by atoms with Gasteiger partial charge in [0.05, 0.1) is 5.69 Å². The molecule has 0 bridgehead atoms. The summed E-state index contributed by atoms with van der Waals surface area (Å²) in [6, 6.07) is 10.1. The van der Waals surface area contributed by atoms with Gasteiger partial charge in [-0.3, -0.25) is 4.79 Å². The predicted molar refractivity (Wildman–Crippen MR) is 104 cm³/mol. The highest BCUT2D eigenvalue weighted by Gasteiger charge is 2.46. The van der Waals surface area contributed by atoms with Crippen LogP contribution in [-0.2, 0) is 21.4 Å². The van der Waals surface area contributed by atoms with Crippen LogP contribution in [0.2, 0.25) is 0 Å². The van der Waals surface area contributed by atoms with Crippen molar-refractivity contribution < 1.29 is 9.53 Å². The summed E-state index contributed by atoms with van der Waals surface area (Å²) in [4.78, 5) is 24.5. The summed E-state index contributed by atoms with van der Waals surface area (Å²) in [6.45, 7) is 5.19. The number of methoxy groups -OCH3 is 1. The minimum atomic E-state index is -0.791. The standard InChI is InChI=1S/C22H27N3O2/c1-21(2,27-3)20(26)25-13-7-11-22(15-25)12-10-17-14-23-19(24-18(17)22)16-8-5-4-6-9-16/h4-6,8-9,14H,7,10-13,15H2,1-3H3. The van der Waals surface area contributed by atoms with Gasteiger partial charge < -0.3 is 9.64 Å². The van der Waals surface area contributed by atoms with E-state index in [0.717, 1.165) is 55.9 Å². The van der Waals surface area contributed by atoms with E-state index >= 15 is 0 Å². The van der Waals surface area contributed by atoms with Crippen LogP contribution in [-0.4, -0.2) is 46.6 Å². The molecule has 0 saturated carbocycles. The molecule has 2 heterocycles. The molecule has 142 valence electrons. The lowest BCUT2D eigenvalue weighted by Crippen LogP contribution is -2.54. The van der Waals surface area contributed by atoms with Crippen LogP contribution in [0.1, 0.15) is 44.4 Å². The number of carbonyl (C=O) groups excluding carboxylic acids is 1. The van der Waals surface area contributed by atoms with Crippen LogP contribution in [0.15, 0.2) is 36.5 Å². The van der Waals surface area contributed by atoms with Crippen molar-refractivity contribution in [1.29, 1.82) is 0 Å². The molecule has 0 radical (unpaired) electrons. The van der Waals surface area contributed by atoms with Gasteiger partial charge >= 0.3 is 0 Å². The Labute approximate surface area is 160 Å². The number of nitrogens with zero attached hydrogens (tertiary/aromatic N) is 3. The van der Waals surface area contributed by atoms with Crippen molar-refractivity contribution in [3.05, 3.63) is 47.8 Å². The van der Waals surface area contributed by atoms with Gasteiger partial charge in [-0.15, -0.1) is 0 Å². The maximum absolute atomic E-state index is 13.0. The number of aromatic nitrogens is 2. The number of hydrogen-bond acceptors (Lipinski definition) is 4. The Hall–Kier alpha value is -2.27. The predicted octanol–water partition coefficient (Wildman–Crippen LogP) is 3.38. The lowest BCUT2D eigenvalue weighted by molar-refractivity contribution is -0.153. The molecule has 1 fully saturated rings. The van der Waals surface area contributed by atoms with Crippen LogP contribution in [0.3, 0.4) is 0 Å². The minimum Gasteiger partial charge on any atom is -0.369 e. The molecular formula is C22H27N3O2. The summed E-state index contributed by atoms with van der Waals surface area (Å²) in [5.41, 5.74) is 2.56. The first-order valence-electron chi connectivity index (χ1n) is 9.72. The van der Waals surface area contributed by atoms with E-state index in [9.17, 15) is 4.79 Å². The third kappa shape index (κ3) is 3.14. The number of fused-ring (bicyclic) bond motifs is 2. The zero-order valence-electron chi connectivity index (χ0n) is 16.4. The number of benzene rings is 1. The lowest BCUT2D eigenvalue weighted by Gasteiger charge is -2.42. The van der Waals surface area contributed by atoms with E-state index in [4.69, 9.17) is 9.72 Å². The third-order valence-electron chi connectivity index (χ3n) is 6.16. The Morgan fingerprint density at radius 2 is 2.00 bits per heavy atom. The molecule has 1 spiro atoms. The fourth-order valence-corrected chi connectivity index (χ4v) is 4.44. The maximum atomic E-state index is 13.0. The van der Waals surface area contributed by atoms with Gasteiger partial charge in [0, 0.05) is 37.4 Å². The van der Waals surface area contributed by atoms with Gasteiger partial charge in [-0.2, -0.15) is 0 Å². The van der Waals surface area contributed by atoms with E-state index < -0.39 is 5.60 Å². The van der Waals surface area contributed by atoms with Gasteiger partial charge in [0.1, 0.15) is 5.60 Å². The first-order chi connectivity index (χ1) is 13.0. The van der Waals surface area contributed by atoms with Crippen LogP contribution in [0.4, 0.5) is 0 Å². The molecule has 1 aromatic heterocycles.